The van der Waals surface area contributed by atoms with Crippen LogP contribution in [0.1, 0.15) is 41.5 Å². The Kier molecular flexibility index (Phi) is 12.7. The smallest absolute Gasteiger partial charge is 0.184 e. The van der Waals surface area contributed by atoms with Gasteiger partial charge in [-0.1, -0.05) is 83.2 Å². The van der Waals surface area contributed by atoms with Crippen LogP contribution in [0.3, 0.4) is 0 Å². The van der Waals surface area contributed by atoms with E-state index in [0.717, 1.165) is 43.5 Å². The van der Waals surface area contributed by atoms with E-state index in [1.807, 2.05) is 47.6 Å². The van der Waals surface area contributed by atoms with Crippen molar-refractivity contribution in [3.8, 4) is 0 Å². The normalized spacial score (nSPS) is 13.2. The number of fused-ring (bicyclic) bond motifs is 1. The molecule has 5 heteroatoms. The molecule has 0 amide bonds. The Labute approximate surface area is 181 Å². The first kappa shape index (κ1) is 24.9. The minimum absolute atomic E-state index is 0.864. The van der Waals surface area contributed by atoms with Crippen molar-refractivity contribution in [3.05, 3.63) is 54.6 Å². The lowest BCUT2D eigenvalue weighted by Crippen LogP contribution is -2.47. The van der Waals surface area contributed by atoms with Crippen molar-refractivity contribution in [3.63, 3.8) is 0 Å². The summed E-state index contributed by atoms with van der Waals surface area (Å²) in [6.07, 6.45) is 0. The Balaban J connectivity index is 0.000000644. The van der Waals surface area contributed by atoms with Gasteiger partial charge in [0, 0.05) is 31.9 Å². The van der Waals surface area contributed by atoms with E-state index in [1.54, 1.807) is 11.3 Å². The lowest BCUT2D eigenvalue weighted by atomic mass is 10.2. The highest BCUT2D eigenvalue weighted by atomic mass is 32.1. The quantitative estimate of drug-likeness (QED) is 0.523. The summed E-state index contributed by atoms with van der Waals surface area (Å²) in [6.45, 7) is 17.2. The SMILES string of the molecule is CC.CC.CC.c1ccc(N2CCN(CNc3nc4ccccc4s3)CC2)cc1. The predicted octanol–water partition coefficient (Wildman–Crippen LogP) is 6.57. The Morgan fingerprint density at radius 3 is 2.00 bits per heavy atom. The zero-order valence-electron chi connectivity index (χ0n) is 19.0. The third kappa shape index (κ3) is 7.67. The zero-order chi connectivity index (χ0) is 21.5. The fourth-order valence-electron chi connectivity index (χ4n) is 2.93. The highest BCUT2D eigenvalue weighted by molar-refractivity contribution is 7.22. The maximum absolute atomic E-state index is 4.63. The van der Waals surface area contributed by atoms with Crippen molar-refractivity contribution < 1.29 is 0 Å². The molecule has 29 heavy (non-hydrogen) atoms. The van der Waals surface area contributed by atoms with Gasteiger partial charge in [0.05, 0.1) is 16.9 Å². The van der Waals surface area contributed by atoms with Gasteiger partial charge in [-0.05, 0) is 24.3 Å². The molecular weight excluding hydrogens is 376 g/mol. The zero-order valence-corrected chi connectivity index (χ0v) is 19.8. The fraction of sp³-hybridized carbons (Fsp3) is 0.458. The van der Waals surface area contributed by atoms with Crippen LogP contribution >= 0.6 is 11.3 Å². The number of anilines is 2. The number of benzene rings is 2. The second-order valence-corrected chi connectivity index (χ2v) is 6.79. The summed E-state index contributed by atoms with van der Waals surface area (Å²) in [5.41, 5.74) is 2.40. The number of rotatable bonds is 4. The van der Waals surface area contributed by atoms with Gasteiger partial charge >= 0.3 is 0 Å². The van der Waals surface area contributed by atoms with Crippen molar-refractivity contribution in [1.29, 1.82) is 0 Å². The summed E-state index contributed by atoms with van der Waals surface area (Å²) in [6, 6.07) is 19.0. The standard InChI is InChI=1S/C18H20N4S.3C2H6/c1-2-6-15(7-3-1)22-12-10-21(11-13-22)14-19-18-20-16-8-4-5-9-17(16)23-18;3*1-2/h1-9H,10-14H2,(H,19,20);3*1-2H3. The molecule has 1 saturated heterocycles. The Morgan fingerprint density at radius 2 is 1.38 bits per heavy atom. The summed E-state index contributed by atoms with van der Waals surface area (Å²) in [5.74, 6) is 0. The molecule has 0 aliphatic carbocycles. The molecule has 1 aliphatic rings. The van der Waals surface area contributed by atoms with Gasteiger partial charge in [0.1, 0.15) is 0 Å². The molecule has 1 fully saturated rings. The topological polar surface area (TPSA) is 31.4 Å². The molecule has 3 aromatic rings. The van der Waals surface area contributed by atoms with Crippen LogP contribution in [0.25, 0.3) is 10.2 Å². The van der Waals surface area contributed by atoms with Crippen LogP contribution in [0.2, 0.25) is 0 Å². The van der Waals surface area contributed by atoms with E-state index in [2.05, 4.69) is 68.6 Å². The lowest BCUT2D eigenvalue weighted by Gasteiger charge is -2.36. The van der Waals surface area contributed by atoms with E-state index in [4.69, 9.17) is 0 Å². The average molecular weight is 415 g/mol. The van der Waals surface area contributed by atoms with Crippen LogP contribution in [-0.4, -0.2) is 42.7 Å². The van der Waals surface area contributed by atoms with Gasteiger partial charge in [0.25, 0.3) is 0 Å². The van der Waals surface area contributed by atoms with Gasteiger partial charge in [0.2, 0.25) is 0 Å². The van der Waals surface area contributed by atoms with Gasteiger partial charge in [-0.2, -0.15) is 0 Å². The molecular formula is C24H38N4S. The number of para-hydroxylation sites is 2. The highest BCUT2D eigenvalue weighted by Gasteiger charge is 2.17. The molecule has 1 aromatic heterocycles. The third-order valence-corrected chi connectivity index (χ3v) is 5.24. The maximum atomic E-state index is 4.63. The van der Waals surface area contributed by atoms with E-state index in [9.17, 15) is 0 Å². The van der Waals surface area contributed by atoms with E-state index in [-0.39, 0.29) is 0 Å². The monoisotopic (exact) mass is 414 g/mol. The van der Waals surface area contributed by atoms with Crippen molar-refractivity contribution in [1.82, 2.24) is 9.88 Å². The molecule has 4 rings (SSSR count). The molecule has 4 nitrogen and oxygen atoms in total. The van der Waals surface area contributed by atoms with Crippen LogP contribution in [0, 0.1) is 0 Å². The van der Waals surface area contributed by atoms with Gasteiger partial charge in [-0.3, -0.25) is 4.90 Å². The summed E-state index contributed by atoms with van der Waals surface area (Å²) in [4.78, 5) is 9.53. The van der Waals surface area contributed by atoms with Crippen LogP contribution < -0.4 is 10.2 Å². The van der Waals surface area contributed by atoms with Crippen molar-refractivity contribution in [2.75, 3.05) is 43.1 Å². The van der Waals surface area contributed by atoms with Crippen molar-refractivity contribution in [2.24, 2.45) is 0 Å². The molecule has 1 aliphatic heterocycles. The molecule has 0 spiro atoms. The summed E-state index contributed by atoms with van der Waals surface area (Å²) in [5, 5.41) is 4.48. The van der Waals surface area contributed by atoms with Crippen LogP contribution in [0.5, 0.6) is 0 Å². The first-order valence-electron chi connectivity index (χ1n) is 11.0. The molecule has 0 unspecified atom stereocenters. The van der Waals surface area contributed by atoms with Crippen molar-refractivity contribution >= 4 is 32.4 Å². The van der Waals surface area contributed by atoms with Crippen LogP contribution in [-0.2, 0) is 0 Å². The molecule has 160 valence electrons. The van der Waals surface area contributed by atoms with E-state index >= 15 is 0 Å². The van der Waals surface area contributed by atoms with Crippen LogP contribution in [0.4, 0.5) is 10.8 Å². The minimum atomic E-state index is 0.864. The highest BCUT2D eigenvalue weighted by Crippen LogP contribution is 2.25. The lowest BCUT2D eigenvalue weighted by molar-refractivity contribution is 0.275. The second kappa shape index (κ2) is 14.8. The van der Waals surface area contributed by atoms with Crippen LogP contribution in [0.15, 0.2) is 54.6 Å². The number of hydrogen-bond acceptors (Lipinski definition) is 5. The molecule has 1 N–H and O–H groups in total. The van der Waals surface area contributed by atoms with Gasteiger partial charge in [-0.15, -0.1) is 0 Å². The molecule has 0 atom stereocenters. The van der Waals surface area contributed by atoms with Gasteiger partial charge < -0.3 is 10.2 Å². The first-order chi connectivity index (χ1) is 14.4. The predicted molar refractivity (Wildman–Crippen MR) is 132 cm³/mol. The Morgan fingerprint density at radius 1 is 0.793 bits per heavy atom. The number of aromatic nitrogens is 1. The van der Waals surface area contributed by atoms with Crippen molar-refractivity contribution in [2.45, 2.75) is 41.5 Å². The molecule has 0 saturated carbocycles. The molecule has 0 radical (unpaired) electrons. The minimum Gasteiger partial charge on any atom is -0.369 e. The maximum Gasteiger partial charge on any atom is 0.184 e. The largest absolute Gasteiger partial charge is 0.369 e. The number of nitrogens with one attached hydrogen (secondary N) is 1. The number of piperazine rings is 1. The van der Waals surface area contributed by atoms with Gasteiger partial charge in [0.15, 0.2) is 5.13 Å². The van der Waals surface area contributed by atoms with E-state index < -0.39 is 0 Å². The fourth-order valence-corrected chi connectivity index (χ4v) is 3.78. The second-order valence-electron chi connectivity index (χ2n) is 5.76. The number of hydrogen-bond donors (Lipinski definition) is 1. The van der Waals surface area contributed by atoms with E-state index in [1.165, 1.54) is 10.4 Å². The number of thiazole rings is 1. The summed E-state index contributed by atoms with van der Waals surface area (Å²) >= 11 is 1.72. The third-order valence-electron chi connectivity index (χ3n) is 4.24. The van der Waals surface area contributed by atoms with E-state index in [0.29, 0.717) is 0 Å². The van der Waals surface area contributed by atoms with Gasteiger partial charge in [-0.25, -0.2) is 4.98 Å². The Hall–Kier alpha value is -2.11. The molecule has 2 heterocycles. The summed E-state index contributed by atoms with van der Waals surface area (Å²) in [7, 11) is 0. The summed E-state index contributed by atoms with van der Waals surface area (Å²) < 4.78 is 1.24. The molecule has 0 bridgehead atoms. The first-order valence-corrected chi connectivity index (χ1v) is 11.8. The average Bonchev–Trinajstić information content (AvgIpc) is 3.26. The number of nitrogens with zero attached hydrogens (tertiary/aromatic N) is 3. The molecule has 2 aromatic carbocycles. The Bertz CT molecular complexity index is 732.